The van der Waals surface area contributed by atoms with Crippen LogP contribution in [0.1, 0.15) is 44.2 Å². The van der Waals surface area contributed by atoms with Gasteiger partial charge in [0, 0.05) is 18.7 Å². The maximum Gasteiger partial charge on any atom is 0.123 e. The number of rotatable bonds is 5. The first kappa shape index (κ1) is 16.3. The molecule has 3 heteroatoms. The lowest BCUT2D eigenvalue weighted by atomic mass is 9.85. The summed E-state index contributed by atoms with van der Waals surface area (Å²) in [6, 6.07) is 6.53. The molecule has 0 aromatic heterocycles. The van der Waals surface area contributed by atoms with E-state index in [-0.39, 0.29) is 0 Å². The molecule has 0 radical (unpaired) electrons. The Morgan fingerprint density at radius 2 is 2.05 bits per heavy atom. The first-order valence-electron chi connectivity index (χ1n) is 8.07. The van der Waals surface area contributed by atoms with Gasteiger partial charge in [-0.25, -0.2) is 0 Å². The maximum absolute atomic E-state index is 5.55. The molecule has 0 atom stereocenters. The molecule has 0 spiro atoms. The average Bonchev–Trinajstić information content (AvgIpc) is 2.61. The molecule has 3 nitrogen and oxygen atoms in total. The van der Waals surface area contributed by atoms with Crippen LogP contribution in [0.3, 0.4) is 0 Å². The van der Waals surface area contributed by atoms with Gasteiger partial charge in [0.1, 0.15) is 5.75 Å². The average molecular weight is 290 g/mol. The standard InChI is InChI=1S/C18H30N2O/c1-18(2)8-5-10-20(11-9-18)14-16-12-15(13-19-3)6-7-17(16)21-4/h6-7,12,19H,5,8-11,13-14H2,1-4H3. The van der Waals surface area contributed by atoms with Crippen LogP contribution < -0.4 is 10.1 Å². The zero-order valence-corrected chi connectivity index (χ0v) is 14.0. The summed E-state index contributed by atoms with van der Waals surface area (Å²) in [5, 5.41) is 3.22. The quantitative estimate of drug-likeness (QED) is 0.899. The topological polar surface area (TPSA) is 24.5 Å². The largest absolute Gasteiger partial charge is 0.496 e. The third-order valence-electron chi connectivity index (χ3n) is 4.55. The highest BCUT2D eigenvalue weighted by Crippen LogP contribution is 2.31. The molecular weight excluding hydrogens is 260 g/mol. The molecule has 0 unspecified atom stereocenters. The molecule has 1 N–H and O–H groups in total. The molecule has 0 amide bonds. The van der Waals surface area contributed by atoms with Crippen LogP contribution in [-0.4, -0.2) is 32.1 Å². The van der Waals surface area contributed by atoms with E-state index in [1.165, 1.54) is 43.5 Å². The number of hydrogen-bond donors (Lipinski definition) is 1. The van der Waals surface area contributed by atoms with E-state index >= 15 is 0 Å². The van der Waals surface area contributed by atoms with E-state index in [0.717, 1.165) is 18.8 Å². The van der Waals surface area contributed by atoms with Gasteiger partial charge in [0.15, 0.2) is 0 Å². The van der Waals surface area contributed by atoms with Crippen LogP contribution in [0.5, 0.6) is 5.75 Å². The van der Waals surface area contributed by atoms with E-state index in [9.17, 15) is 0 Å². The van der Waals surface area contributed by atoms with Crippen molar-refractivity contribution in [2.45, 2.75) is 46.2 Å². The van der Waals surface area contributed by atoms with Gasteiger partial charge in [0.2, 0.25) is 0 Å². The zero-order valence-electron chi connectivity index (χ0n) is 14.0. The van der Waals surface area contributed by atoms with Gasteiger partial charge in [0.25, 0.3) is 0 Å². The minimum Gasteiger partial charge on any atom is -0.496 e. The molecule has 21 heavy (non-hydrogen) atoms. The maximum atomic E-state index is 5.55. The highest BCUT2D eigenvalue weighted by atomic mass is 16.5. The Kier molecular flexibility index (Phi) is 5.65. The summed E-state index contributed by atoms with van der Waals surface area (Å²) >= 11 is 0. The second-order valence-electron chi connectivity index (χ2n) is 6.97. The molecule has 1 aliphatic rings. The van der Waals surface area contributed by atoms with Crippen molar-refractivity contribution in [2.24, 2.45) is 5.41 Å². The highest BCUT2D eigenvalue weighted by Gasteiger charge is 2.23. The second kappa shape index (κ2) is 7.28. The number of nitrogens with zero attached hydrogens (tertiary/aromatic N) is 1. The van der Waals surface area contributed by atoms with Crippen molar-refractivity contribution in [3.63, 3.8) is 0 Å². The van der Waals surface area contributed by atoms with Crippen LogP contribution in [0.15, 0.2) is 18.2 Å². The molecular formula is C18H30N2O. The van der Waals surface area contributed by atoms with Gasteiger partial charge in [-0.3, -0.25) is 4.90 Å². The van der Waals surface area contributed by atoms with Gasteiger partial charge in [-0.05, 0) is 62.5 Å². The fourth-order valence-electron chi connectivity index (χ4n) is 3.15. The predicted molar refractivity (Wildman–Crippen MR) is 88.7 cm³/mol. The smallest absolute Gasteiger partial charge is 0.123 e. The van der Waals surface area contributed by atoms with Crippen molar-refractivity contribution in [2.75, 3.05) is 27.2 Å². The highest BCUT2D eigenvalue weighted by molar-refractivity contribution is 5.37. The van der Waals surface area contributed by atoms with Gasteiger partial charge in [-0.15, -0.1) is 0 Å². The van der Waals surface area contributed by atoms with E-state index in [4.69, 9.17) is 4.74 Å². The van der Waals surface area contributed by atoms with Crippen molar-refractivity contribution in [3.8, 4) is 5.75 Å². The fourth-order valence-corrected chi connectivity index (χ4v) is 3.15. The van der Waals surface area contributed by atoms with E-state index in [2.05, 4.69) is 42.3 Å². The van der Waals surface area contributed by atoms with Crippen LogP contribution in [0.25, 0.3) is 0 Å². The van der Waals surface area contributed by atoms with Gasteiger partial charge in [-0.2, -0.15) is 0 Å². The van der Waals surface area contributed by atoms with Crippen molar-refractivity contribution < 1.29 is 4.74 Å². The number of hydrogen-bond acceptors (Lipinski definition) is 3. The first-order valence-corrected chi connectivity index (χ1v) is 8.07. The molecule has 1 aromatic rings. The Labute approximate surface area is 129 Å². The molecule has 1 saturated heterocycles. The van der Waals surface area contributed by atoms with Gasteiger partial charge in [0.05, 0.1) is 7.11 Å². The third kappa shape index (κ3) is 4.72. The van der Waals surface area contributed by atoms with Crippen LogP contribution in [0, 0.1) is 5.41 Å². The van der Waals surface area contributed by atoms with Gasteiger partial charge < -0.3 is 10.1 Å². The Hall–Kier alpha value is -1.06. The zero-order chi connectivity index (χ0) is 15.3. The number of ether oxygens (including phenoxy) is 1. The van der Waals surface area contributed by atoms with E-state index < -0.39 is 0 Å². The lowest BCUT2D eigenvalue weighted by Crippen LogP contribution is -2.25. The lowest BCUT2D eigenvalue weighted by molar-refractivity contribution is 0.252. The van der Waals surface area contributed by atoms with Crippen molar-refractivity contribution in [3.05, 3.63) is 29.3 Å². The Morgan fingerprint density at radius 1 is 1.24 bits per heavy atom. The van der Waals surface area contributed by atoms with Crippen LogP contribution in [-0.2, 0) is 13.1 Å². The number of benzene rings is 1. The van der Waals surface area contributed by atoms with Crippen LogP contribution in [0.4, 0.5) is 0 Å². The summed E-state index contributed by atoms with van der Waals surface area (Å²) in [7, 11) is 3.75. The van der Waals surface area contributed by atoms with Gasteiger partial charge in [-0.1, -0.05) is 19.9 Å². The molecule has 2 rings (SSSR count). The van der Waals surface area contributed by atoms with E-state index in [1.807, 2.05) is 7.05 Å². The summed E-state index contributed by atoms with van der Waals surface area (Å²) in [5.74, 6) is 1.01. The molecule has 0 saturated carbocycles. The Bertz CT molecular complexity index is 457. The third-order valence-corrected chi connectivity index (χ3v) is 4.55. The molecule has 0 bridgehead atoms. The van der Waals surface area contributed by atoms with Gasteiger partial charge >= 0.3 is 0 Å². The predicted octanol–water partition coefficient (Wildman–Crippen LogP) is 3.43. The van der Waals surface area contributed by atoms with Crippen LogP contribution >= 0.6 is 0 Å². The SMILES string of the molecule is CNCc1ccc(OC)c(CN2CCCC(C)(C)CC2)c1. The lowest BCUT2D eigenvalue weighted by Gasteiger charge is -2.24. The minimum atomic E-state index is 0.493. The van der Waals surface area contributed by atoms with Crippen molar-refractivity contribution >= 4 is 0 Å². The normalized spacial score (nSPS) is 19.2. The molecule has 1 aliphatic heterocycles. The van der Waals surface area contributed by atoms with E-state index in [0.29, 0.717) is 5.41 Å². The molecule has 0 aliphatic carbocycles. The van der Waals surface area contributed by atoms with Crippen molar-refractivity contribution in [1.29, 1.82) is 0 Å². The summed E-state index contributed by atoms with van der Waals surface area (Å²) in [6.07, 6.45) is 3.91. The second-order valence-corrected chi connectivity index (χ2v) is 6.97. The monoisotopic (exact) mass is 290 g/mol. The number of methoxy groups -OCH3 is 1. The van der Waals surface area contributed by atoms with Crippen molar-refractivity contribution in [1.82, 2.24) is 10.2 Å². The summed E-state index contributed by atoms with van der Waals surface area (Å²) in [5.41, 5.74) is 3.13. The Morgan fingerprint density at radius 3 is 2.76 bits per heavy atom. The number of likely N-dealkylation sites (tertiary alicyclic amines) is 1. The molecule has 118 valence electrons. The fraction of sp³-hybridized carbons (Fsp3) is 0.667. The summed E-state index contributed by atoms with van der Waals surface area (Å²) < 4.78 is 5.55. The first-order chi connectivity index (χ1) is 10.0. The Balaban J connectivity index is 2.08. The summed E-state index contributed by atoms with van der Waals surface area (Å²) in [4.78, 5) is 2.58. The number of nitrogens with one attached hydrogen (secondary N) is 1. The minimum absolute atomic E-state index is 0.493. The molecule has 1 heterocycles. The molecule has 1 aromatic carbocycles. The van der Waals surface area contributed by atoms with E-state index in [1.54, 1.807) is 7.11 Å². The summed E-state index contributed by atoms with van der Waals surface area (Å²) in [6.45, 7) is 9.07. The molecule has 1 fully saturated rings. The van der Waals surface area contributed by atoms with Crippen LogP contribution in [0.2, 0.25) is 0 Å².